The number of rotatable bonds is 2. The maximum atomic E-state index is 12.2. The number of thiophene rings is 1. The van der Waals surface area contributed by atoms with Gasteiger partial charge in [0.2, 0.25) is 5.91 Å². The third kappa shape index (κ3) is 2.84. The van der Waals surface area contributed by atoms with Crippen molar-refractivity contribution in [2.75, 3.05) is 18.1 Å². The van der Waals surface area contributed by atoms with Crippen LogP contribution in [0.3, 0.4) is 0 Å². The van der Waals surface area contributed by atoms with E-state index in [1.54, 1.807) is 11.3 Å². The molecule has 104 valence electrons. The molecule has 6 heteroatoms. The fraction of sp³-hybridized carbons (Fsp3) is 0.615. The molecule has 2 aliphatic rings. The molecule has 0 radical (unpaired) electrons. The van der Waals surface area contributed by atoms with Crippen LogP contribution in [0.2, 0.25) is 0 Å². The maximum absolute atomic E-state index is 12.2. The Hall–Kier alpha value is -0.880. The van der Waals surface area contributed by atoms with E-state index in [-0.39, 0.29) is 23.3 Å². The van der Waals surface area contributed by atoms with Crippen LogP contribution in [-0.2, 0) is 27.6 Å². The lowest BCUT2D eigenvalue weighted by Crippen LogP contribution is -2.36. The molecule has 0 saturated carbocycles. The minimum atomic E-state index is -2.88. The zero-order valence-corrected chi connectivity index (χ0v) is 12.3. The molecule has 0 bridgehead atoms. The van der Waals surface area contributed by atoms with Crippen LogP contribution < -0.4 is 0 Å². The van der Waals surface area contributed by atoms with Crippen LogP contribution >= 0.6 is 11.3 Å². The van der Waals surface area contributed by atoms with E-state index in [0.29, 0.717) is 19.4 Å². The summed E-state index contributed by atoms with van der Waals surface area (Å²) in [5, 5.41) is 2.07. The Morgan fingerprint density at radius 2 is 2.32 bits per heavy atom. The molecule has 0 spiro atoms. The molecule has 1 atom stereocenters. The Morgan fingerprint density at radius 1 is 1.47 bits per heavy atom. The Balaban J connectivity index is 1.60. The zero-order valence-electron chi connectivity index (χ0n) is 10.7. The third-order valence-corrected chi connectivity index (χ3v) is 6.81. The quantitative estimate of drug-likeness (QED) is 0.831. The average Bonchev–Trinajstić information content (AvgIpc) is 2.94. The second-order valence-corrected chi connectivity index (χ2v) is 8.64. The fourth-order valence-corrected chi connectivity index (χ4v) is 5.62. The molecule has 19 heavy (non-hydrogen) atoms. The van der Waals surface area contributed by atoms with Crippen molar-refractivity contribution in [1.82, 2.24) is 4.90 Å². The van der Waals surface area contributed by atoms with Crippen molar-refractivity contribution in [3.8, 4) is 0 Å². The number of carbonyl (C=O) groups excluding carboxylic acids is 1. The summed E-state index contributed by atoms with van der Waals surface area (Å²) in [7, 11) is -2.88. The van der Waals surface area contributed by atoms with Gasteiger partial charge in [0, 0.05) is 24.4 Å². The van der Waals surface area contributed by atoms with Gasteiger partial charge in [-0.3, -0.25) is 4.79 Å². The summed E-state index contributed by atoms with van der Waals surface area (Å²) in [5.74, 6) is 0.580. The molecule has 0 aliphatic carbocycles. The molecule has 1 amide bonds. The maximum Gasteiger partial charge on any atom is 0.223 e. The Labute approximate surface area is 117 Å². The van der Waals surface area contributed by atoms with E-state index in [4.69, 9.17) is 0 Å². The highest BCUT2D eigenvalue weighted by molar-refractivity contribution is 7.91. The number of sulfone groups is 1. The smallest absolute Gasteiger partial charge is 0.223 e. The summed E-state index contributed by atoms with van der Waals surface area (Å²) >= 11 is 1.75. The first kappa shape index (κ1) is 13.1. The number of nitrogens with zero attached hydrogens (tertiary/aromatic N) is 1. The lowest BCUT2D eigenvalue weighted by molar-refractivity contribution is -0.132. The third-order valence-electron chi connectivity index (χ3n) is 3.95. The van der Waals surface area contributed by atoms with E-state index in [0.717, 1.165) is 13.0 Å². The molecule has 1 aromatic rings. The lowest BCUT2D eigenvalue weighted by atomic mass is 10.0. The van der Waals surface area contributed by atoms with Crippen molar-refractivity contribution in [2.45, 2.75) is 25.8 Å². The van der Waals surface area contributed by atoms with Crippen molar-refractivity contribution in [3.63, 3.8) is 0 Å². The molecule has 3 rings (SSSR count). The van der Waals surface area contributed by atoms with Crippen molar-refractivity contribution in [1.29, 1.82) is 0 Å². The fourth-order valence-electron chi connectivity index (χ4n) is 2.87. The van der Waals surface area contributed by atoms with Crippen LogP contribution in [0.25, 0.3) is 0 Å². The van der Waals surface area contributed by atoms with E-state index >= 15 is 0 Å². The Kier molecular flexibility index (Phi) is 3.39. The standard InChI is InChI=1S/C13H17NO3S2/c15-13(7-10-3-6-19(16,17)9-10)14-4-1-12-11(8-14)2-5-18-12/h2,5,10H,1,3-4,6-9H2/t10-/m1/s1. The van der Waals surface area contributed by atoms with E-state index in [9.17, 15) is 13.2 Å². The predicted molar refractivity (Wildman–Crippen MR) is 74.8 cm³/mol. The van der Waals surface area contributed by atoms with Gasteiger partial charge in [0.25, 0.3) is 0 Å². The van der Waals surface area contributed by atoms with Crippen LogP contribution in [0.5, 0.6) is 0 Å². The normalized spacial score (nSPS) is 25.3. The summed E-state index contributed by atoms with van der Waals surface area (Å²) in [6.07, 6.45) is 1.96. The second-order valence-electron chi connectivity index (χ2n) is 5.41. The van der Waals surface area contributed by atoms with Gasteiger partial charge in [0.1, 0.15) is 0 Å². The van der Waals surface area contributed by atoms with Gasteiger partial charge in [-0.15, -0.1) is 11.3 Å². The van der Waals surface area contributed by atoms with Crippen molar-refractivity contribution in [3.05, 3.63) is 21.9 Å². The topological polar surface area (TPSA) is 54.5 Å². The van der Waals surface area contributed by atoms with Gasteiger partial charge in [0.15, 0.2) is 9.84 Å². The Bertz CT molecular complexity index is 591. The summed E-state index contributed by atoms with van der Waals surface area (Å²) in [5.41, 5.74) is 1.25. The van der Waals surface area contributed by atoms with Gasteiger partial charge >= 0.3 is 0 Å². The van der Waals surface area contributed by atoms with Crippen molar-refractivity contribution < 1.29 is 13.2 Å². The highest BCUT2D eigenvalue weighted by Gasteiger charge is 2.31. The SMILES string of the molecule is O=C(C[C@H]1CCS(=O)(=O)C1)N1CCc2sccc2C1. The van der Waals surface area contributed by atoms with Gasteiger partial charge in [-0.2, -0.15) is 0 Å². The molecule has 1 saturated heterocycles. The summed E-state index contributed by atoms with van der Waals surface area (Å²) in [4.78, 5) is 15.5. The predicted octanol–water partition coefficient (Wildman–Crippen LogP) is 1.46. The van der Waals surface area contributed by atoms with E-state index < -0.39 is 9.84 Å². The second kappa shape index (κ2) is 4.90. The highest BCUT2D eigenvalue weighted by Crippen LogP contribution is 2.27. The number of amides is 1. The molecule has 0 aromatic carbocycles. The lowest BCUT2D eigenvalue weighted by Gasteiger charge is -2.27. The van der Waals surface area contributed by atoms with Gasteiger partial charge in [-0.1, -0.05) is 0 Å². The van der Waals surface area contributed by atoms with Gasteiger partial charge in [-0.05, 0) is 35.8 Å². The molecule has 2 aliphatic heterocycles. The molecule has 1 fully saturated rings. The summed E-state index contributed by atoms with van der Waals surface area (Å²) in [6, 6.07) is 2.08. The van der Waals surface area contributed by atoms with Gasteiger partial charge in [-0.25, -0.2) is 8.42 Å². The summed E-state index contributed by atoms with van der Waals surface area (Å²) in [6.45, 7) is 1.46. The van der Waals surface area contributed by atoms with E-state index in [2.05, 4.69) is 11.4 Å². The van der Waals surface area contributed by atoms with Crippen molar-refractivity contribution >= 4 is 27.1 Å². The van der Waals surface area contributed by atoms with Crippen LogP contribution in [0.15, 0.2) is 11.4 Å². The van der Waals surface area contributed by atoms with Crippen LogP contribution in [-0.4, -0.2) is 37.3 Å². The Morgan fingerprint density at radius 3 is 3.05 bits per heavy atom. The average molecular weight is 299 g/mol. The molecule has 4 nitrogen and oxygen atoms in total. The van der Waals surface area contributed by atoms with Crippen LogP contribution in [0, 0.1) is 5.92 Å². The first-order valence-corrected chi connectivity index (χ1v) is 9.27. The van der Waals surface area contributed by atoms with Crippen molar-refractivity contribution in [2.24, 2.45) is 5.92 Å². The zero-order chi connectivity index (χ0) is 13.5. The van der Waals surface area contributed by atoms with Crippen LogP contribution in [0.4, 0.5) is 0 Å². The molecule has 0 unspecified atom stereocenters. The monoisotopic (exact) mass is 299 g/mol. The number of fused-ring (bicyclic) bond motifs is 1. The first-order chi connectivity index (χ1) is 9.03. The van der Waals surface area contributed by atoms with Gasteiger partial charge < -0.3 is 4.90 Å². The molecular weight excluding hydrogens is 282 g/mol. The molecule has 1 aromatic heterocycles. The number of hydrogen-bond acceptors (Lipinski definition) is 4. The molecule has 3 heterocycles. The van der Waals surface area contributed by atoms with E-state index in [1.807, 2.05) is 4.90 Å². The highest BCUT2D eigenvalue weighted by atomic mass is 32.2. The number of hydrogen-bond donors (Lipinski definition) is 0. The minimum Gasteiger partial charge on any atom is -0.338 e. The summed E-state index contributed by atoms with van der Waals surface area (Å²) < 4.78 is 22.8. The van der Waals surface area contributed by atoms with Crippen LogP contribution in [0.1, 0.15) is 23.3 Å². The minimum absolute atomic E-state index is 0.0290. The van der Waals surface area contributed by atoms with E-state index in [1.165, 1.54) is 10.4 Å². The van der Waals surface area contributed by atoms with Gasteiger partial charge in [0.05, 0.1) is 11.5 Å². The largest absolute Gasteiger partial charge is 0.338 e. The number of carbonyl (C=O) groups is 1. The first-order valence-electron chi connectivity index (χ1n) is 6.57. The molecule has 0 N–H and O–H groups in total. The molecular formula is C13H17NO3S2.